The molecule has 6 heteroatoms. The molecule has 5 nitrogen and oxygen atoms in total. The SMILES string of the molecule is CC(C)CC(=O)Nc1sc2c(c1C(=O)NCC1CCCO1)CCC2. The van der Waals surface area contributed by atoms with Crippen molar-refractivity contribution in [1.29, 1.82) is 0 Å². The molecule has 0 saturated carbocycles. The van der Waals surface area contributed by atoms with Gasteiger partial charge in [0.1, 0.15) is 5.00 Å². The Bertz CT molecular complexity index is 618. The van der Waals surface area contributed by atoms with E-state index < -0.39 is 0 Å². The number of hydrogen-bond acceptors (Lipinski definition) is 4. The number of carbonyl (C=O) groups excluding carboxylic acids is 2. The van der Waals surface area contributed by atoms with Gasteiger partial charge in [0, 0.05) is 24.4 Å². The van der Waals surface area contributed by atoms with E-state index in [1.807, 2.05) is 13.8 Å². The van der Waals surface area contributed by atoms with Gasteiger partial charge in [-0.15, -0.1) is 11.3 Å². The first kappa shape index (κ1) is 17.4. The maximum Gasteiger partial charge on any atom is 0.254 e. The summed E-state index contributed by atoms with van der Waals surface area (Å²) in [4.78, 5) is 26.1. The second-order valence-corrected chi connectivity index (χ2v) is 8.16. The summed E-state index contributed by atoms with van der Waals surface area (Å²) in [5.41, 5.74) is 1.81. The third-order valence-electron chi connectivity index (χ3n) is 4.51. The third kappa shape index (κ3) is 3.98. The van der Waals surface area contributed by atoms with Gasteiger partial charge in [0.15, 0.2) is 0 Å². The van der Waals surface area contributed by atoms with Crippen LogP contribution in [0.15, 0.2) is 0 Å². The zero-order chi connectivity index (χ0) is 17.1. The van der Waals surface area contributed by atoms with Crippen LogP contribution in [-0.4, -0.2) is 31.1 Å². The van der Waals surface area contributed by atoms with Gasteiger partial charge in [-0.25, -0.2) is 0 Å². The summed E-state index contributed by atoms with van der Waals surface area (Å²) in [6.07, 6.45) is 5.68. The molecule has 2 N–H and O–H groups in total. The Labute approximate surface area is 147 Å². The van der Waals surface area contributed by atoms with Crippen molar-refractivity contribution in [3.8, 4) is 0 Å². The van der Waals surface area contributed by atoms with E-state index in [4.69, 9.17) is 4.74 Å². The average Bonchev–Trinajstić information content (AvgIpc) is 3.20. The lowest BCUT2D eigenvalue weighted by Gasteiger charge is -2.13. The van der Waals surface area contributed by atoms with E-state index in [-0.39, 0.29) is 17.9 Å². The first-order valence-electron chi connectivity index (χ1n) is 8.88. The number of ether oxygens (including phenoxy) is 1. The summed E-state index contributed by atoms with van der Waals surface area (Å²) in [5, 5.41) is 6.69. The van der Waals surface area contributed by atoms with Crippen LogP contribution in [0.1, 0.15) is 60.3 Å². The van der Waals surface area contributed by atoms with E-state index >= 15 is 0 Å². The third-order valence-corrected chi connectivity index (χ3v) is 5.72. The molecule has 2 heterocycles. The van der Waals surface area contributed by atoms with Crippen molar-refractivity contribution in [2.24, 2.45) is 5.92 Å². The summed E-state index contributed by atoms with van der Waals surface area (Å²) in [6.45, 7) is 5.36. The number of aryl methyl sites for hydroxylation is 1. The molecule has 0 bridgehead atoms. The van der Waals surface area contributed by atoms with Gasteiger partial charge in [-0.05, 0) is 43.6 Å². The van der Waals surface area contributed by atoms with Crippen molar-refractivity contribution in [2.75, 3.05) is 18.5 Å². The lowest BCUT2D eigenvalue weighted by atomic mass is 10.1. The van der Waals surface area contributed by atoms with Crippen molar-refractivity contribution in [3.63, 3.8) is 0 Å². The molecule has 2 amide bonds. The highest BCUT2D eigenvalue weighted by atomic mass is 32.1. The van der Waals surface area contributed by atoms with E-state index in [0.717, 1.165) is 49.3 Å². The molecular formula is C18H26N2O3S. The lowest BCUT2D eigenvalue weighted by molar-refractivity contribution is -0.116. The molecule has 1 aromatic heterocycles. The second kappa shape index (κ2) is 7.66. The highest BCUT2D eigenvalue weighted by molar-refractivity contribution is 7.17. The van der Waals surface area contributed by atoms with Gasteiger partial charge in [0.2, 0.25) is 5.91 Å². The van der Waals surface area contributed by atoms with Crippen LogP contribution in [0.5, 0.6) is 0 Å². The summed E-state index contributed by atoms with van der Waals surface area (Å²) in [7, 11) is 0. The number of hydrogen-bond donors (Lipinski definition) is 2. The molecule has 0 spiro atoms. The van der Waals surface area contributed by atoms with Crippen LogP contribution in [0.3, 0.4) is 0 Å². The van der Waals surface area contributed by atoms with Crippen LogP contribution in [-0.2, 0) is 22.4 Å². The van der Waals surface area contributed by atoms with Crippen LogP contribution < -0.4 is 10.6 Å². The summed E-state index contributed by atoms with van der Waals surface area (Å²) < 4.78 is 5.57. The topological polar surface area (TPSA) is 67.4 Å². The van der Waals surface area contributed by atoms with Gasteiger partial charge in [0.25, 0.3) is 5.91 Å². The largest absolute Gasteiger partial charge is 0.376 e. The fourth-order valence-corrected chi connectivity index (χ4v) is 4.68. The van der Waals surface area contributed by atoms with Crippen molar-refractivity contribution in [1.82, 2.24) is 5.32 Å². The van der Waals surface area contributed by atoms with Crippen LogP contribution in [0.25, 0.3) is 0 Å². The van der Waals surface area contributed by atoms with Gasteiger partial charge in [-0.3, -0.25) is 9.59 Å². The second-order valence-electron chi connectivity index (χ2n) is 7.05. The Kier molecular flexibility index (Phi) is 5.56. The number of thiophene rings is 1. The Hall–Kier alpha value is -1.40. The number of anilines is 1. The van der Waals surface area contributed by atoms with E-state index in [0.29, 0.717) is 24.4 Å². The van der Waals surface area contributed by atoms with Crippen molar-refractivity contribution >= 4 is 28.2 Å². The smallest absolute Gasteiger partial charge is 0.254 e. The van der Waals surface area contributed by atoms with Gasteiger partial charge >= 0.3 is 0 Å². The molecule has 1 aliphatic heterocycles. The Morgan fingerprint density at radius 3 is 2.83 bits per heavy atom. The zero-order valence-electron chi connectivity index (χ0n) is 14.4. The number of nitrogens with one attached hydrogen (secondary N) is 2. The van der Waals surface area contributed by atoms with Crippen molar-refractivity contribution in [2.45, 2.75) is 58.5 Å². The Morgan fingerprint density at radius 1 is 1.29 bits per heavy atom. The monoisotopic (exact) mass is 350 g/mol. The van der Waals surface area contributed by atoms with E-state index in [9.17, 15) is 9.59 Å². The summed E-state index contributed by atoms with van der Waals surface area (Å²) in [6, 6.07) is 0. The molecule has 3 rings (SSSR count). The molecule has 0 aromatic carbocycles. The highest BCUT2D eigenvalue weighted by Crippen LogP contribution is 2.39. The van der Waals surface area contributed by atoms with Crippen LogP contribution >= 0.6 is 11.3 Å². The van der Waals surface area contributed by atoms with E-state index in [2.05, 4.69) is 10.6 Å². The highest BCUT2D eigenvalue weighted by Gasteiger charge is 2.28. The molecule has 1 fully saturated rings. The lowest BCUT2D eigenvalue weighted by Crippen LogP contribution is -2.32. The number of carbonyl (C=O) groups is 2. The average molecular weight is 350 g/mol. The minimum atomic E-state index is -0.0789. The first-order valence-corrected chi connectivity index (χ1v) is 9.70. The Balaban J connectivity index is 1.72. The first-order chi connectivity index (χ1) is 11.5. The fraction of sp³-hybridized carbons (Fsp3) is 0.667. The van der Waals surface area contributed by atoms with Gasteiger partial charge in [-0.1, -0.05) is 13.8 Å². The quantitative estimate of drug-likeness (QED) is 0.828. The molecule has 2 aliphatic rings. The molecular weight excluding hydrogens is 324 g/mol. The predicted octanol–water partition coefficient (Wildman–Crippen LogP) is 3.13. The standard InChI is InChI=1S/C18H26N2O3S/c1-11(2)9-15(21)20-18-16(13-6-3-7-14(13)24-18)17(22)19-10-12-5-4-8-23-12/h11-12H,3-10H2,1-2H3,(H,19,22)(H,20,21). The minimum Gasteiger partial charge on any atom is -0.376 e. The van der Waals surface area contributed by atoms with Crippen LogP contribution in [0.4, 0.5) is 5.00 Å². The maximum atomic E-state index is 12.7. The zero-order valence-corrected chi connectivity index (χ0v) is 15.3. The van der Waals surface area contributed by atoms with Gasteiger partial charge in [0.05, 0.1) is 11.7 Å². The molecule has 1 saturated heterocycles. The van der Waals surface area contributed by atoms with Crippen molar-refractivity contribution in [3.05, 3.63) is 16.0 Å². The molecule has 1 unspecified atom stereocenters. The summed E-state index contributed by atoms with van der Waals surface area (Å²) in [5.74, 6) is 0.205. The minimum absolute atomic E-state index is 0.0156. The molecule has 24 heavy (non-hydrogen) atoms. The number of amides is 2. The van der Waals surface area contributed by atoms with E-state index in [1.54, 1.807) is 11.3 Å². The maximum absolute atomic E-state index is 12.7. The van der Waals surface area contributed by atoms with Crippen molar-refractivity contribution < 1.29 is 14.3 Å². The Morgan fingerprint density at radius 2 is 2.12 bits per heavy atom. The van der Waals surface area contributed by atoms with Gasteiger partial charge < -0.3 is 15.4 Å². The number of fused-ring (bicyclic) bond motifs is 1. The molecule has 1 aromatic rings. The van der Waals surface area contributed by atoms with Gasteiger partial charge in [-0.2, -0.15) is 0 Å². The summed E-state index contributed by atoms with van der Waals surface area (Å²) >= 11 is 1.57. The van der Waals surface area contributed by atoms with Crippen LogP contribution in [0, 0.1) is 5.92 Å². The van der Waals surface area contributed by atoms with Crippen LogP contribution in [0.2, 0.25) is 0 Å². The number of rotatable bonds is 6. The normalized spacial score (nSPS) is 19.5. The molecule has 1 atom stereocenters. The van der Waals surface area contributed by atoms with E-state index in [1.165, 1.54) is 4.88 Å². The molecule has 132 valence electrons. The molecule has 1 aliphatic carbocycles. The molecule has 0 radical (unpaired) electrons. The fourth-order valence-electron chi connectivity index (χ4n) is 3.38. The predicted molar refractivity (Wildman–Crippen MR) is 95.7 cm³/mol.